The van der Waals surface area contributed by atoms with Crippen molar-refractivity contribution >= 4 is 23.2 Å². The van der Waals surface area contributed by atoms with Crippen molar-refractivity contribution in [2.24, 2.45) is 0 Å². The second kappa shape index (κ2) is 6.29. The highest BCUT2D eigenvalue weighted by atomic mass is 35.5. The lowest BCUT2D eigenvalue weighted by atomic mass is 10.1. The zero-order valence-electron chi connectivity index (χ0n) is 10.4. The summed E-state index contributed by atoms with van der Waals surface area (Å²) < 4.78 is 5.64. The van der Waals surface area contributed by atoms with Gasteiger partial charge in [0.05, 0.1) is 11.1 Å². The Hall–Kier alpha value is -1.22. The van der Waals surface area contributed by atoms with Gasteiger partial charge in [-0.15, -0.1) is 0 Å². The normalized spacial score (nSPS) is 12.2. The number of aliphatic hydroxyl groups excluding tert-OH is 1. The van der Waals surface area contributed by atoms with Crippen LogP contribution >= 0.6 is 23.2 Å². The molecule has 2 rings (SSSR count). The monoisotopic (exact) mass is 296 g/mol. The van der Waals surface area contributed by atoms with Crippen LogP contribution in [0.3, 0.4) is 0 Å². The number of hydrogen-bond donors (Lipinski definition) is 1. The van der Waals surface area contributed by atoms with Gasteiger partial charge in [-0.3, -0.25) is 0 Å². The fraction of sp³-hybridized carbons (Fsp3) is 0.200. The third-order valence-electron chi connectivity index (χ3n) is 2.72. The first kappa shape index (κ1) is 14.2. The van der Waals surface area contributed by atoms with Crippen molar-refractivity contribution in [3.8, 4) is 5.75 Å². The van der Waals surface area contributed by atoms with Gasteiger partial charge in [-0.05, 0) is 42.3 Å². The second-order valence-corrected chi connectivity index (χ2v) is 5.13. The van der Waals surface area contributed by atoms with Gasteiger partial charge in [0.25, 0.3) is 0 Å². The number of rotatable bonds is 4. The summed E-state index contributed by atoms with van der Waals surface area (Å²) in [7, 11) is 0. The molecule has 0 fully saturated rings. The van der Waals surface area contributed by atoms with Gasteiger partial charge in [0.2, 0.25) is 0 Å². The Morgan fingerprint density at radius 3 is 2.58 bits per heavy atom. The van der Waals surface area contributed by atoms with Crippen LogP contribution in [0.1, 0.15) is 24.2 Å². The van der Waals surface area contributed by atoms with E-state index in [9.17, 15) is 5.11 Å². The summed E-state index contributed by atoms with van der Waals surface area (Å²) in [6, 6.07) is 12.7. The summed E-state index contributed by atoms with van der Waals surface area (Å²) >= 11 is 12.0. The van der Waals surface area contributed by atoms with E-state index in [0.717, 1.165) is 11.1 Å². The molecule has 2 nitrogen and oxygen atoms in total. The lowest BCUT2D eigenvalue weighted by Crippen LogP contribution is -1.97. The maximum Gasteiger partial charge on any atom is 0.138 e. The molecule has 1 atom stereocenters. The molecule has 0 aliphatic carbocycles. The first-order chi connectivity index (χ1) is 9.06. The third kappa shape index (κ3) is 3.87. The Labute approximate surface area is 122 Å². The van der Waals surface area contributed by atoms with Crippen LogP contribution in [0.2, 0.25) is 10.0 Å². The highest BCUT2D eigenvalue weighted by molar-refractivity contribution is 6.32. The Morgan fingerprint density at radius 2 is 1.95 bits per heavy atom. The molecule has 1 N–H and O–H groups in total. The smallest absolute Gasteiger partial charge is 0.138 e. The molecule has 2 aromatic rings. The number of halogens is 2. The fourth-order valence-corrected chi connectivity index (χ4v) is 2.14. The molecule has 0 bridgehead atoms. The summed E-state index contributed by atoms with van der Waals surface area (Å²) in [5.74, 6) is 0.589. The molecule has 1 unspecified atom stereocenters. The van der Waals surface area contributed by atoms with Gasteiger partial charge < -0.3 is 9.84 Å². The molecular formula is C15H14Cl2O2. The van der Waals surface area contributed by atoms with Crippen molar-refractivity contribution in [1.29, 1.82) is 0 Å². The quantitative estimate of drug-likeness (QED) is 0.891. The molecule has 4 heteroatoms. The third-order valence-corrected chi connectivity index (χ3v) is 3.25. The molecule has 0 aromatic heterocycles. The molecule has 2 aromatic carbocycles. The standard InChI is InChI=1S/C15H14Cl2O2/c1-10(18)12-5-6-15(14(17)8-12)19-9-11-3-2-4-13(16)7-11/h2-8,10,18H,9H2,1H3. The average molecular weight is 297 g/mol. The zero-order valence-corrected chi connectivity index (χ0v) is 11.9. The van der Waals surface area contributed by atoms with Crippen LogP contribution in [-0.2, 0) is 6.61 Å². The minimum absolute atomic E-state index is 0.397. The van der Waals surface area contributed by atoms with E-state index in [2.05, 4.69) is 0 Å². The molecule has 0 amide bonds. The molecule has 0 aliphatic heterocycles. The van der Waals surface area contributed by atoms with E-state index >= 15 is 0 Å². The van der Waals surface area contributed by atoms with Gasteiger partial charge in [-0.2, -0.15) is 0 Å². The maximum absolute atomic E-state index is 9.46. The van der Waals surface area contributed by atoms with Gasteiger partial charge >= 0.3 is 0 Å². The van der Waals surface area contributed by atoms with Gasteiger partial charge in [-0.25, -0.2) is 0 Å². The largest absolute Gasteiger partial charge is 0.487 e. The summed E-state index contributed by atoms with van der Waals surface area (Å²) in [4.78, 5) is 0. The summed E-state index contributed by atoms with van der Waals surface area (Å²) in [5.41, 5.74) is 1.74. The van der Waals surface area contributed by atoms with Crippen LogP contribution in [-0.4, -0.2) is 5.11 Å². The first-order valence-electron chi connectivity index (χ1n) is 5.91. The minimum Gasteiger partial charge on any atom is -0.487 e. The Kier molecular flexibility index (Phi) is 4.70. The Morgan fingerprint density at radius 1 is 1.16 bits per heavy atom. The minimum atomic E-state index is -0.542. The lowest BCUT2D eigenvalue weighted by molar-refractivity contribution is 0.199. The van der Waals surface area contributed by atoms with E-state index < -0.39 is 6.10 Å². The number of ether oxygens (including phenoxy) is 1. The topological polar surface area (TPSA) is 29.5 Å². The van der Waals surface area contributed by atoms with Crippen LogP contribution in [0.15, 0.2) is 42.5 Å². The molecule has 0 spiro atoms. The zero-order chi connectivity index (χ0) is 13.8. The lowest BCUT2D eigenvalue weighted by Gasteiger charge is -2.11. The van der Waals surface area contributed by atoms with Gasteiger partial charge in [0, 0.05) is 5.02 Å². The van der Waals surface area contributed by atoms with Crippen molar-refractivity contribution in [2.75, 3.05) is 0 Å². The fourth-order valence-electron chi connectivity index (χ4n) is 1.68. The van der Waals surface area contributed by atoms with E-state index in [1.807, 2.05) is 24.3 Å². The van der Waals surface area contributed by atoms with Crippen molar-refractivity contribution in [3.05, 3.63) is 63.6 Å². The molecule has 0 saturated carbocycles. The van der Waals surface area contributed by atoms with Crippen LogP contribution in [0.4, 0.5) is 0 Å². The van der Waals surface area contributed by atoms with E-state index in [0.29, 0.717) is 22.4 Å². The Bertz CT molecular complexity index is 568. The first-order valence-corrected chi connectivity index (χ1v) is 6.66. The van der Waals surface area contributed by atoms with Crippen molar-refractivity contribution < 1.29 is 9.84 Å². The Balaban J connectivity index is 2.07. The van der Waals surface area contributed by atoms with Crippen LogP contribution in [0.25, 0.3) is 0 Å². The molecule has 0 heterocycles. The molecule has 100 valence electrons. The van der Waals surface area contributed by atoms with E-state index in [1.54, 1.807) is 25.1 Å². The number of aliphatic hydroxyl groups is 1. The molecule has 19 heavy (non-hydrogen) atoms. The van der Waals surface area contributed by atoms with Gasteiger partial charge in [0.1, 0.15) is 12.4 Å². The van der Waals surface area contributed by atoms with Crippen LogP contribution in [0.5, 0.6) is 5.75 Å². The average Bonchev–Trinajstić information content (AvgIpc) is 2.37. The summed E-state index contributed by atoms with van der Waals surface area (Å²) in [5, 5.41) is 10.6. The van der Waals surface area contributed by atoms with Crippen molar-refractivity contribution in [3.63, 3.8) is 0 Å². The van der Waals surface area contributed by atoms with Crippen LogP contribution < -0.4 is 4.74 Å². The van der Waals surface area contributed by atoms with E-state index in [-0.39, 0.29) is 0 Å². The van der Waals surface area contributed by atoms with Crippen molar-refractivity contribution in [1.82, 2.24) is 0 Å². The molecule has 0 radical (unpaired) electrons. The predicted molar refractivity (Wildman–Crippen MR) is 77.9 cm³/mol. The number of hydrogen-bond acceptors (Lipinski definition) is 2. The molecule has 0 aliphatic rings. The van der Waals surface area contributed by atoms with E-state index in [4.69, 9.17) is 27.9 Å². The number of benzene rings is 2. The van der Waals surface area contributed by atoms with Crippen LogP contribution in [0, 0.1) is 0 Å². The van der Waals surface area contributed by atoms with Gasteiger partial charge in [0.15, 0.2) is 0 Å². The molecule has 0 saturated heterocycles. The van der Waals surface area contributed by atoms with Gasteiger partial charge in [-0.1, -0.05) is 41.4 Å². The summed E-state index contributed by atoms with van der Waals surface area (Å²) in [6.45, 7) is 2.09. The predicted octanol–water partition coefficient (Wildman–Crippen LogP) is 4.63. The highest BCUT2D eigenvalue weighted by Gasteiger charge is 2.07. The second-order valence-electron chi connectivity index (χ2n) is 4.28. The van der Waals surface area contributed by atoms with E-state index in [1.165, 1.54) is 0 Å². The maximum atomic E-state index is 9.46. The molecular weight excluding hydrogens is 283 g/mol. The van der Waals surface area contributed by atoms with Crippen molar-refractivity contribution in [2.45, 2.75) is 19.6 Å². The summed E-state index contributed by atoms with van der Waals surface area (Å²) in [6.07, 6.45) is -0.542. The highest BCUT2D eigenvalue weighted by Crippen LogP contribution is 2.28. The SMILES string of the molecule is CC(O)c1ccc(OCc2cccc(Cl)c2)c(Cl)c1.